The molecule has 1 fully saturated rings. The summed E-state index contributed by atoms with van der Waals surface area (Å²) in [5.74, 6) is 2.11. The molecule has 0 spiro atoms. The van der Waals surface area contributed by atoms with Crippen molar-refractivity contribution in [3.05, 3.63) is 23.8 Å². The van der Waals surface area contributed by atoms with Gasteiger partial charge in [0, 0.05) is 10.6 Å². The molecule has 0 radical (unpaired) electrons. The van der Waals surface area contributed by atoms with E-state index in [9.17, 15) is 0 Å². The molecule has 2 nitrogen and oxygen atoms in total. The molecular weight excluding hydrogens is 204 g/mol. The van der Waals surface area contributed by atoms with Crippen molar-refractivity contribution in [2.45, 2.75) is 18.2 Å². The minimum Gasteiger partial charge on any atom is -0.398 e. The Hall–Kier alpha value is -0.670. The molecular formula is C12H18N2S. The van der Waals surface area contributed by atoms with Crippen molar-refractivity contribution in [2.75, 3.05) is 24.6 Å². The van der Waals surface area contributed by atoms with Crippen LogP contribution < -0.4 is 11.1 Å². The van der Waals surface area contributed by atoms with E-state index in [4.69, 9.17) is 5.73 Å². The van der Waals surface area contributed by atoms with E-state index in [0.717, 1.165) is 11.6 Å². The lowest BCUT2D eigenvalue weighted by molar-refractivity contribution is 0.341. The molecule has 0 saturated carbocycles. The van der Waals surface area contributed by atoms with Gasteiger partial charge in [-0.2, -0.15) is 0 Å². The second-order valence-corrected chi connectivity index (χ2v) is 5.27. The lowest BCUT2D eigenvalue weighted by atomic mass is 10.0. The third-order valence-corrected chi connectivity index (χ3v) is 4.17. The molecule has 3 heteroatoms. The highest BCUT2D eigenvalue weighted by molar-refractivity contribution is 7.99. The Bertz CT molecular complexity index is 334. The predicted molar refractivity (Wildman–Crippen MR) is 67.3 cm³/mol. The maximum atomic E-state index is 5.87. The van der Waals surface area contributed by atoms with Gasteiger partial charge in [0.1, 0.15) is 0 Å². The second kappa shape index (κ2) is 4.90. The van der Waals surface area contributed by atoms with Gasteiger partial charge in [0.2, 0.25) is 0 Å². The summed E-state index contributed by atoms with van der Waals surface area (Å²) in [6, 6.07) is 6.17. The molecule has 2 rings (SSSR count). The van der Waals surface area contributed by atoms with Crippen molar-refractivity contribution in [3.8, 4) is 0 Å². The summed E-state index contributed by atoms with van der Waals surface area (Å²) in [5, 5.41) is 3.30. The first-order valence-electron chi connectivity index (χ1n) is 5.46. The average molecular weight is 222 g/mol. The minimum atomic E-state index is 0.902. The Morgan fingerprint density at radius 1 is 1.47 bits per heavy atom. The van der Waals surface area contributed by atoms with Gasteiger partial charge >= 0.3 is 0 Å². The average Bonchev–Trinajstić information content (AvgIpc) is 2.16. The van der Waals surface area contributed by atoms with Gasteiger partial charge in [-0.3, -0.25) is 0 Å². The highest BCUT2D eigenvalue weighted by Gasteiger charge is 2.15. The first-order valence-corrected chi connectivity index (χ1v) is 6.44. The molecule has 1 aliphatic rings. The summed E-state index contributed by atoms with van der Waals surface area (Å²) in [4.78, 5) is 1.34. The van der Waals surface area contributed by atoms with Gasteiger partial charge in [0.15, 0.2) is 0 Å². The van der Waals surface area contributed by atoms with Gasteiger partial charge in [-0.25, -0.2) is 0 Å². The molecule has 0 aliphatic carbocycles. The van der Waals surface area contributed by atoms with Crippen LogP contribution in [-0.4, -0.2) is 18.8 Å². The second-order valence-electron chi connectivity index (χ2n) is 4.13. The fourth-order valence-electron chi connectivity index (χ4n) is 1.68. The fraction of sp³-hybridized carbons (Fsp3) is 0.500. The fourth-order valence-corrected chi connectivity index (χ4v) is 2.86. The number of rotatable bonds is 4. The van der Waals surface area contributed by atoms with Crippen molar-refractivity contribution in [1.82, 2.24) is 5.32 Å². The molecule has 1 aromatic rings. The smallest absolute Gasteiger partial charge is 0.0354 e. The third-order valence-electron chi connectivity index (χ3n) is 2.98. The number of anilines is 1. The van der Waals surface area contributed by atoms with Crippen LogP contribution in [0.1, 0.15) is 12.0 Å². The van der Waals surface area contributed by atoms with E-state index < -0.39 is 0 Å². The minimum absolute atomic E-state index is 0.902. The first kappa shape index (κ1) is 10.8. The van der Waals surface area contributed by atoms with E-state index in [1.54, 1.807) is 0 Å². The zero-order valence-corrected chi connectivity index (χ0v) is 9.94. The van der Waals surface area contributed by atoms with Gasteiger partial charge in [-0.1, -0.05) is 6.07 Å². The summed E-state index contributed by atoms with van der Waals surface area (Å²) in [7, 11) is 0. The molecule has 15 heavy (non-hydrogen) atoms. The van der Waals surface area contributed by atoms with Crippen molar-refractivity contribution in [3.63, 3.8) is 0 Å². The number of nitrogens with two attached hydrogens (primary N) is 1. The number of thioether (sulfide) groups is 1. The van der Waals surface area contributed by atoms with Crippen LogP contribution in [0.25, 0.3) is 0 Å². The molecule has 0 atom stereocenters. The topological polar surface area (TPSA) is 38.0 Å². The standard InChI is InChI=1S/C12H18N2S/c1-9-11(13)3-2-4-12(9)15-6-5-10-7-14-8-10/h2-4,10,14H,5-8,13H2,1H3. The monoisotopic (exact) mass is 222 g/mol. The number of nitrogen functional groups attached to an aromatic ring is 1. The molecule has 3 N–H and O–H groups in total. The van der Waals surface area contributed by atoms with Crippen molar-refractivity contribution in [2.24, 2.45) is 5.92 Å². The quantitative estimate of drug-likeness (QED) is 0.606. The molecule has 1 heterocycles. The van der Waals surface area contributed by atoms with Crippen LogP contribution in [0, 0.1) is 12.8 Å². The van der Waals surface area contributed by atoms with E-state index in [2.05, 4.69) is 18.3 Å². The van der Waals surface area contributed by atoms with Gasteiger partial charge in [0.25, 0.3) is 0 Å². The largest absolute Gasteiger partial charge is 0.398 e. The van der Waals surface area contributed by atoms with Crippen LogP contribution in [0.2, 0.25) is 0 Å². The lowest BCUT2D eigenvalue weighted by Gasteiger charge is -2.26. The third kappa shape index (κ3) is 2.67. The molecule has 0 amide bonds. The zero-order valence-electron chi connectivity index (χ0n) is 9.12. The predicted octanol–water partition coefficient (Wildman–Crippen LogP) is 2.28. The molecule has 1 aromatic carbocycles. The normalized spacial score (nSPS) is 16.3. The van der Waals surface area contributed by atoms with Crippen LogP contribution in [0.15, 0.2) is 23.1 Å². The highest BCUT2D eigenvalue weighted by Crippen LogP contribution is 2.27. The first-order chi connectivity index (χ1) is 7.27. The van der Waals surface area contributed by atoms with Crippen LogP contribution in [-0.2, 0) is 0 Å². The molecule has 1 saturated heterocycles. The van der Waals surface area contributed by atoms with Crippen LogP contribution in [0.3, 0.4) is 0 Å². The molecule has 0 unspecified atom stereocenters. The van der Waals surface area contributed by atoms with Crippen molar-refractivity contribution >= 4 is 17.4 Å². The Morgan fingerprint density at radius 3 is 2.93 bits per heavy atom. The summed E-state index contributed by atoms with van der Waals surface area (Å²) in [6.07, 6.45) is 1.31. The Morgan fingerprint density at radius 2 is 2.27 bits per heavy atom. The SMILES string of the molecule is Cc1c(N)cccc1SCCC1CNC1. The Balaban J connectivity index is 1.84. The Kier molecular flexibility index (Phi) is 3.54. The lowest BCUT2D eigenvalue weighted by Crippen LogP contribution is -2.42. The number of hydrogen-bond donors (Lipinski definition) is 2. The highest BCUT2D eigenvalue weighted by atomic mass is 32.2. The van der Waals surface area contributed by atoms with Crippen molar-refractivity contribution < 1.29 is 0 Å². The van der Waals surface area contributed by atoms with E-state index in [1.807, 2.05) is 23.9 Å². The summed E-state index contributed by atoms with van der Waals surface area (Å²) < 4.78 is 0. The number of hydrogen-bond acceptors (Lipinski definition) is 3. The van der Waals surface area contributed by atoms with E-state index in [1.165, 1.54) is 35.7 Å². The van der Waals surface area contributed by atoms with E-state index >= 15 is 0 Å². The summed E-state index contributed by atoms with van der Waals surface area (Å²) in [5.41, 5.74) is 8.00. The van der Waals surface area contributed by atoms with Crippen molar-refractivity contribution in [1.29, 1.82) is 0 Å². The summed E-state index contributed by atoms with van der Waals surface area (Å²) >= 11 is 1.93. The molecule has 0 bridgehead atoms. The molecule has 0 aromatic heterocycles. The van der Waals surface area contributed by atoms with Gasteiger partial charge in [-0.05, 0) is 55.8 Å². The number of nitrogens with one attached hydrogen (secondary N) is 1. The van der Waals surface area contributed by atoms with Gasteiger partial charge in [0.05, 0.1) is 0 Å². The Labute approximate surface area is 95.6 Å². The number of benzene rings is 1. The molecule has 1 aliphatic heterocycles. The summed E-state index contributed by atoms with van der Waals surface area (Å²) in [6.45, 7) is 4.51. The van der Waals surface area contributed by atoms with Crippen LogP contribution >= 0.6 is 11.8 Å². The molecule has 82 valence electrons. The van der Waals surface area contributed by atoms with Gasteiger partial charge in [-0.15, -0.1) is 11.8 Å². The van der Waals surface area contributed by atoms with Crippen LogP contribution in [0.5, 0.6) is 0 Å². The van der Waals surface area contributed by atoms with E-state index in [-0.39, 0.29) is 0 Å². The van der Waals surface area contributed by atoms with E-state index in [0.29, 0.717) is 0 Å². The maximum absolute atomic E-state index is 5.87. The maximum Gasteiger partial charge on any atom is 0.0354 e. The van der Waals surface area contributed by atoms with Crippen LogP contribution in [0.4, 0.5) is 5.69 Å². The zero-order chi connectivity index (χ0) is 10.7. The van der Waals surface area contributed by atoms with Gasteiger partial charge < -0.3 is 11.1 Å².